The van der Waals surface area contributed by atoms with E-state index in [1.807, 2.05) is 43.3 Å². The normalized spacial score (nSPS) is 14.3. The maximum absolute atomic E-state index is 13.0. The lowest BCUT2D eigenvalue weighted by molar-refractivity contribution is 0.0949. The lowest BCUT2D eigenvalue weighted by Crippen LogP contribution is -2.16. The van der Waals surface area contributed by atoms with Crippen LogP contribution in [0.15, 0.2) is 36.4 Å². The lowest BCUT2D eigenvalue weighted by Gasteiger charge is -2.07. The maximum Gasteiger partial charge on any atom is 0.280 e. The third-order valence-electron chi connectivity index (χ3n) is 4.40. The average molecular weight is 306 g/mol. The third-order valence-corrected chi connectivity index (χ3v) is 4.40. The molecule has 0 saturated heterocycles. The molecule has 0 spiro atoms. The Bertz CT molecular complexity index is 909. The summed E-state index contributed by atoms with van der Waals surface area (Å²) < 4.78 is 1.35. The molecule has 2 heterocycles. The van der Waals surface area contributed by atoms with Crippen LogP contribution >= 0.6 is 0 Å². The molecule has 1 aliphatic rings. The number of aryl methyl sites for hydroxylation is 1. The van der Waals surface area contributed by atoms with Crippen molar-refractivity contribution in [2.24, 2.45) is 0 Å². The first-order chi connectivity index (χ1) is 11.2. The number of pyridine rings is 1. The summed E-state index contributed by atoms with van der Waals surface area (Å²) in [6.45, 7) is 2.03. The van der Waals surface area contributed by atoms with Crippen LogP contribution in [0.1, 0.15) is 47.3 Å². The number of nitrogen functional groups attached to an aromatic ring is 1. The minimum Gasteiger partial charge on any atom is -0.382 e. The van der Waals surface area contributed by atoms with Crippen LogP contribution in [0.25, 0.3) is 11.0 Å². The summed E-state index contributed by atoms with van der Waals surface area (Å²) in [4.78, 5) is 17.6. The van der Waals surface area contributed by atoms with E-state index in [9.17, 15) is 4.79 Å². The second-order valence-electron chi connectivity index (χ2n) is 5.99. The Balaban J connectivity index is 1.87. The molecule has 1 fully saturated rings. The number of fused-ring (bicyclic) bond motifs is 1. The van der Waals surface area contributed by atoms with Gasteiger partial charge in [0.2, 0.25) is 0 Å². The highest BCUT2D eigenvalue weighted by atomic mass is 16.2. The fraction of sp³-hybridized carbons (Fsp3) is 0.278. The van der Waals surface area contributed by atoms with Gasteiger partial charge in [-0.3, -0.25) is 4.79 Å². The number of carbonyl (C=O) groups excluding carboxylic acids is 1. The fourth-order valence-corrected chi connectivity index (χ4v) is 2.93. The Morgan fingerprint density at radius 2 is 2.04 bits per heavy atom. The molecule has 2 N–H and O–H groups in total. The molecule has 0 radical (unpaired) electrons. The molecule has 1 aromatic carbocycles. The van der Waals surface area contributed by atoms with Crippen LogP contribution in [0.3, 0.4) is 0 Å². The summed E-state index contributed by atoms with van der Waals surface area (Å²) in [6.07, 6.45) is 3.11. The highest BCUT2D eigenvalue weighted by molar-refractivity contribution is 6.03. The van der Waals surface area contributed by atoms with Crippen molar-refractivity contribution in [3.63, 3.8) is 0 Å². The molecule has 0 amide bonds. The molecular formula is C18H18N4O. The quantitative estimate of drug-likeness (QED) is 0.806. The smallest absolute Gasteiger partial charge is 0.280 e. The highest BCUT2D eigenvalue weighted by Crippen LogP contribution is 2.39. The molecular weight excluding hydrogens is 288 g/mol. The fourth-order valence-electron chi connectivity index (χ4n) is 2.93. The van der Waals surface area contributed by atoms with Crippen LogP contribution in [0, 0.1) is 0 Å². The van der Waals surface area contributed by atoms with Crippen LogP contribution in [0.2, 0.25) is 0 Å². The Morgan fingerprint density at radius 3 is 2.78 bits per heavy atom. The van der Waals surface area contributed by atoms with E-state index in [1.54, 1.807) is 0 Å². The lowest BCUT2D eigenvalue weighted by atomic mass is 10.0. The summed E-state index contributed by atoms with van der Waals surface area (Å²) in [6, 6.07) is 11.5. The Morgan fingerprint density at radius 1 is 1.26 bits per heavy atom. The van der Waals surface area contributed by atoms with Crippen molar-refractivity contribution in [2.75, 3.05) is 5.73 Å². The van der Waals surface area contributed by atoms with Crippen molar-refractivity contribution in [1.82, 2.24) is 14.8 Å². The van der Waals surface area contributed by atoms with Gasteiger partial charge in [0.1, 0.15) is 0 Å². The number of hydrogen-bond donors (Lipinski definition) is 1. The summed E-state index contributed by atoms with van der Waals surface area (Å²) >= 11 is 0. The number of anilines is 1. The van der Waals surface area contributed by atoms with E-state index in [-0.39, 0.29) is 5.91 Å². The van der Waals surface area contributed by atoms with Crippen LogP contribution in [0.4, 0.5) is 5.82 Å². The topological polar surface area (TPSA) is 73.8 Å². The van der Waals surface area contributed by atoms with E-state index in [0.717, 1.165) is 35.9 Å². The van der Waals surface area contributed by atoms with Gasteiger partial charge in [-0.2, -0.15) is 4.68 Å². The summed E-state index contributed by atoms with van der Waals surface area (Å²) in [7, 11) is 0. The van der Waals surface area contributed by atoms with E-state index in [2.05, 4.69) is 10.1 Å². The van der Waals surface area contributed by atoms with Crippen molar-refractivity contribution in [2.45, 2.75) is 32.1 Å². The number of nitrogens with two attached hydrogens (primary N) is 1. The first kappa shape index (κ1) is 13.9. The molecule has 0 unspecified atom stereocenters. The van der Waals surface area contributed by atoms with Crippen LogP contribution < -0.4 is 5.73 Å². The zero-order valence-electron chi connectivity index (χ0n) is 13.0. The minimum absolute atomic E-state index is 0.176. The Labute approximate surface area is 134 Å². The number of carbonyl (C=O) groups is 1. The number of rotatable bonds is 3. The van der Waals surface area contributed by atoms with Crippen molar-refractivity contribution in [3.8, 4) is 0 Å². The minimum atomic E-state index is -0.176. The zero-order valence-corrected chi connectivity index (χ0v) is 13.0. The molecule has 1 aliphatic carbocycles. The molecule has 0 aliphatic heterocycles. The predicted octanol–water partition coefficient (Wildman–Crippen LogP) is 3.14. The predicted molar refractivity (Wildman–Crippen MR) is 89.5 cm³/mol. The van der Waals surface area contributed by atoms with Gasteiger partial charge in [-0.05, 0) is 43.0 Å². The molecule has 0 atom stereocenters. The molecule has 0 bridgehead atoms. The molecule has 2 aromatic heterocycles. The van der Waals surface area contributed by atoms with E-state index >= 15 is 0 Å². The zero-order chi connectivity index (χ0) is 16.0. The Hall–Kier alpha value is -2.69. The van der Waals surface area contributed by atoms with Crippen molar-refractivity contribution in [3.05, 3.63) is 53.2 Å². The van der Waals surface area contributed by atoms with Gasteiger partial charge in [-0.15, -0.1) is 5.10 Å². The number of aromatic nitrogens is 3. The van der Waals surface area contributed by atoms with Crippen molar-refractivity contribution < 1.29 is 4.79 Å². The number of hydrogen-bond acceptors (Lipinski definition) is 4. The Kier molecular flexibility index (Phi) is 3.15. The van der Waals surface area contributed by atoms with Gasteiger partial charge in [-0.25, -0.2) is 4.98 Å². The van der Waals surface area contributed by atoms with E-state index in [0.29, 0.717) is 22.9 Å². The van der Waals surface area contributed by atoms with Gasteiger partial charge in [-0.1, -0.05) is 25.1 Å². The van der Waals surface area contributed by atoms with Gasteiger partial charge in [0.05, 0.1) is 5.39 Å². The van der Waals surface area contributed by atoms with Crippen molar-refractivity contribution >= 4 is 22.8 Å². The first-order valence-electron chi connectivity index (χ1n) is 7.96. The molecule has 3 aromatic rings. The molecule has 4 rings (SSSR count). The van der Waals surface area contributed by atoms with E-state index in [4.69, 9.17) is 5.73 Å². The third kappa shape index (κ3) is 2.29. The summed E-state index contributed by atoms with van der Waals surface area (Å²) in [5, 5.41) is 4.98. The second-order valence-corrected chi connectivity index (χ2v) is 5.99. The van der Waals surface area contributed by atoms with E-state index in [1.165, 1.54) is 4.68 Å². The number of nitrogens with zero attached hydrogens (tertiary/aromatic N) is 3. The van der Waals surface area contributed by atoms with Gasteiger partial charge >= 0.3 is 0 Å². The van der Waals surface area contributed by atoms with Gasteiger partial charge in [0.25, 0.3) is 5.91 Å². The molecule has 5 heteroatoms. The summed E-state index contributed by atoms with van der Waals surface area (Å²) in [5.74, 6) is 0.684. The number of benzene rings is 1. The standard InChI is InChI=1S/C18H18N4O/c1-2-11-5-3-4-6-13(11)18(23)22-17-14(16(19)21-22)9-10-15(20-17)12-7-8-12/h3-6,9-10,12H,2,7-8H2,1H3,(H2,19,21). The molecule has 1 saturated carbocycles. The van der Waals surface area contributed by atoms with Crippen molar-refractivity contribution in [1.29, 1.82) is 0 Å². The largest absolute Gasteiger partial charge is 0.382 e. The average Bonchev–Trinajstić information content (AvgIpc) is 3.39. The monoisotopic (exact) mass is 306 g/mol. The first-order valence-corrected chi connectivity index (χ1v) is 7.96. The van der Waals surface area contributed by atoms with Crippen LogP contribution in [-0.4, -0.2) is 20.7 Å². The van der Waals surface area contributed by atoms with Gasteiger partial charge in [0.15, 0.2) is 11.5 Å². The van der Waals surface area contributed by atoms with Gasteiger partial charge in [0, 0.05) is 17.2 Å². The second kappa shape index (κ2) is 5.19. The molecule has 5 nitrogen and oxygen atoms in total. The SMILES string of the molecule is CCc1ccccc1C(=O)n1nc(N)c2ccc(C3CC3)nc21. The van der Waals surface area contributed by atoms with E-state index < -0.39 is 0 Å². The molecule has 23 heavy (non-hydrogen) atoms. The van der Waals surface area contributed by atoms with Gasteiger partial charge < -0.3 is 5.73 Å². The molecule has 116 valence electrons. The van der Waals surface area contributed by atoms with Crippen LogP contribution in [0.5, 0.6) is 0 Å². The van der Waals surface area contributed by atoms with Crippen LogP contribution in [-0.2, 0) is 6.42 Å². The maximum atomic E-state index is 13.0. The summed E-state index contributed by atoms with van der Waals surface area (Å²) in [5.41, 5.74) is 9.21. The highest BCUT2D eigenvalue weighted by Gasteiger charge is 2.27.